The summed E-state index contributed by atoms with van der Waals surface area (Å²) in [6.45, 7) is 0. The number of fused-ring (bicyclic) bond motifs is 5. The number of furan rings is 1. The molecule has 0 aliphatic carbocycles. The molecule has 2 heteroatoms. The fourth-order valence-electron chi connectivity index (χ4n) is 7.88. The van der Waals surface area contributed by atoms with Gasteiger partial charge in [0.05, 0.1) is 5.69 Å². The Labute approximate surface area is 314 Å². The Kier molecular flexibility index (Phi) is 7.85. The molecule has 54 heavy (non-hydrogen) atoms. The molecule has 2 nitrogen and oxygen atoms in total. The number of hydrogen-bond donors (Lipinski definition) is 0. The van der Waals surface area contributed by atoms with Crippen LogP contribution in [0.4, 0.5) is 17.1 Å². The molecule has 0 amide bonds. The fraction of sp³-hybridized carbons (Fsp3) is 0. The number of anilines is 3. The summed E-state index contributed by atoms with van der Waals surface area (Å²) in [5.41, 5.74) is 14.3. The summed E-state index contributed by atoms with van der Waals surface area (Å²) >= 11 is 0. The van der Waals surface area contributed by atoms with Crippen molar-refractivity contribution in [1.82, 2.24) is 0 Å². The molecule has 0 saturated carbocycles. The van der Waals surface area contributed by atoms with Crippen LogP contribution < -0.4 is 4.90 Å². The van der Waals surface area contributed by atoms with Crippen LogP contribution in [0.25, 0.3) is 77.2 Å². The zero-order valence-electron chi connectivity index (χ0n) is 29.6. The minimum Gasteiger partial charge on any atom is -0.455 e. The van der Waals surface area contributed by atoms with Gasteiger partial charge in [0.15, 0.2) is 0 Å². The lowest BCUT2D eigenvalue weighted by Gasteiger charge is -2.28. The predicted octanol–water partition coefficient (Wildman–Crippen LogP) is 14.9. The standard InChI is InChI=1S/C52H35NO/c1-4-15-36(16-5-1)38-27-31-41(32-28-38)53(42-33-29-39(30-34-42)37-17-6-2-7-18-37)50-26-13-12-22-44(50)46-24-14-25-47-49-35-48(40-19-8-3-9-20-40)43-21-10-11-23-45(43)52(49)54-51(46)47/h1-35H. The van der Waals surface area contributed by atoms with Gasteiger partial charge in [-0.1, -0.05) is 176 Å². The van der Waals surface area contributed by atoms with Gasteiger partial charge in [0, 0.05) is 38.7 Å². The van der Waals surface area contributed by atoms with Crippen molar-refractivity contribution in [2.45, 2.75) is 0 Å². The zero-order chi connectivity index (χ0) is 35.8. The highest BCUT2D eigenvalue weighted by atomic mass is 16.3. The number of para-hydroxylation sites is 2. The van der Waals surface area contributed by atoms with Crippen molar-refractivity contribution in [3.05, 3.63) is 212 Å². The SMILES string of the molecule is c1ccc(-c2ccc(N(c3ccc(-c4ccccc4)cc3)c3ccccc3-c3cccc4c3oc3c5ccccc5c(-c5ccccc5)cc43)cc2)cc1. The van der Waals surface area contributed by atoms with Gasteiger partial charge in [-0.15, -0.1) is 0 Å². The monoisotopic (exact) mass is 689 g/mol. The lowest BCUT2D eigenvalue weighted by molar-refractivity contribution is 0.674. The summed E-state index contributed by atoms with van der Waals surface area (Å²) in [7, 11) is 0. The Morgan fingerprint density at radius 1 is 0.278 bits per heavy atom. The molecule has 1 heterocycles. The van der Waals surface area contributed by atoms with Gasteiger partial charge in [-0.05, 0) is 75.2 Å². The molecular weight excluding hydrogens is 655 g/mol. The molecule has 10 rings (SSSR count). The summed E-state index contributed by atoms with van der Waals surface area (Å²) in [4.78, 5) is 2.36. The molecule has 0 N–H and O–H groups in total. The van der Waals surface area contributed by atoms with E-state index in [-0.39, 0.29) is 0 Å². The molecule has 1 aromatic heterocycles. The van der Waals surface area contributed by atoms with Gasteiger partial charge >= 0.3 is 0 Å². The highest BCUT2D eigenvalue weighted by molar-refractivity contribution is 6.21. The van der Waals surface area contributed by atoms with Gasteiger partial charge in [0.2, 0.25) is 0 Å². The molecule has 0 spiro atoms. The third-order valence-corrected chi connectivity index (χ3v) is 10.5. The highest BCUT2D eigenvalue weighted by Crippen LogP contribution is 2.46. The van der Waals surface area contributed by atoms with E-state index in [2.05, 4.69) is 217 Å². The molecule has 0 atom stereocenters. The first kappa shape index (κ1) is 31.6. The third-order valence-electron chi connectivity index (χ3n) is 10.5. The number of hydrogen-bond acceptors (Lipinski definition) is 2. The van der Waals surface area contributed by atoms with E-state index in [0.717, 1.165) is 55.5 Å². The van der Waals surface area contributed by atoms with Gasteiger partial charge in [0.25, 0.3) is 0 Å². The molecule has 0 bridgehead atoms. The molecule has 0 aliphatic rings. The normalized spacial score (nSPS) is 11.3. The van der Waals surface area contributed by atoms with Crippen molar-refractivity contribution < 1.29 is 4.42 Å². The maximum Gasteiger partial charge on any atom is 0.143 e. The average Bonchev–Trinajstić information content (AvgIpc) is 3.64. The Hall–Kier alpha value is -7.16. The van der Waals surface area contributed by atoms with Crippen LogP contribution in [-0.2, 0) is 0 Å². The maximum atomic E-state index is 7.00. The zero-order valence-corrected chi connectivity index (χ0v) is 29.6. The molecule has 0 saturated heterocycles. The first-order valence-electron chi connectivity index (χ1n) is 18.4. The van der Waals surface area contributed by atoms with Crippen LogP contribution >= 0.6 is 0 Å². The minimum absolute atomic E-state index is 0.883. The van der Waals surface area contributed by atoms with Crippen LogP contribution in [0.3, 0.4) is 0 Å². The highest BCUT2D eigenvalue weighted by Gasteiger charge is 2.22. The minimum atomic E-state index is 0.883. The van der Waals surface area contributed by atoms with E-state index in [1.807, 2.05) is 0 Å². The van der Waals surface area contributed by atoms with Crippen LogP contribution in [-0.4, -0.2) is 0 Å². The second kappa shape index (κ2) is 13.4. The number of rotatable bonds is 7. The number of nitrogens with zero attached hydrogens (tertiary/aromatic N) is 1. The molecule has 0 aliphatic heterocycles. The van der Waals surface area contributed by atoms with Gasteiger partial charge in [-0.3, -0.25) is 0 Å². The average molecular weight is 690 g/mol. The van der Waals surface area contributed by atoms with E-state index in [4.69, 9.17) is 4.42 Å². The van der Waals surface area contributed by atoms with Gasteiger partial charge in [0.1, 0.15) is 11.2 Å². The molecule has 254 valence electrons. The predicted molar refractivity (Wildman–Crippen MR) is 228 cm³/mol. The van der Waals surface area contributed by atoms with Crippen molar-refractivity contribution >= 4 is 49.8 Å². The van der Waals surface area contributed by atoms with Crippen molar-refractivity contribution in [2.24, 2.45) is 0 Å². The molecule has 0 fully saturated rings. The van der Waals surface area contributed by atoms with Crippen LogP contribution in [0, 0.1) is 0 Å². The van der Waals surface area contributed by atoms with Gasteiger partial charge < -0.3 is 9.32 Å². The Morgan fingerprint density at radius 2 is 0.722 bits per heavy atom. The van der Waals surface area contributed by atoms with Crippen molar-refractivity contribution in [1.29, 1.82) is 0 Å². The van der Waals surface area contributed by atoms with E-state index >= 15 is 0 Å². The summed E-state index contributed by atoms with van der Waals surface area (Å²) in [6.07, 6.45) is 0. The molecule has 0 radical (unpaired) electrons. The summed E-state index contributed by atoms with van der Waals surface area (Å²) in [6, 6.07) is 75.6. The Morgan fingerprint density at radius 3 is 1.33 bits per heavy atom. The van der Waals surface area contributed by atoms with Gasteiger partial charge in [-0.25, -0.2) is 0 Å². The molecular formula is C52H35NO. The van der Waals surface area contributed by atoms with E-state index < -0.39 is 0 Å². The van der Waals surface area contributed by atoms with Crippen LogP contribution in [0.5, 0.6) is 0 Å². The van der Waals surface area contributed by atoms with E-state index in [1.54, 1.807) is 0 Å². The maximum absolute atomic E-state index is 7.00. The number of benzene rings is 9. The van der Waals surface area contributed by atoms with Crippen LogP contribution in [0.15, 0.2) is 217 Å². The van der Waals surface area contributed by atoms with E-state index in [9.17, 15) is 0 Å². The second-order valence-electron chi connectivity index (χ2n) is 13.7. The quantitative estimate of drug-likeness (QED) is 0.166. The third kappa shape index (κ3) is 5.53. The van der Waals surface area contributed by atoms with Crippen molar-refractivity contribution in [2.75, 3.05) is 4.90 Å². The lowest BCUT2D eigenvalue weighted by atomic mass is 9.94. The molecule has 10 aromatic rings. The summed E-state index contributed by atoms with van der Waals surface area (Å²) in [5, 5.41) is 4.52. The topological polar surface area (TPSA) is 16.4 Å². The molecule has 9 aromatic carbocycles. The van der Waals surface area contributed by atoms with Gasteiger partial charge in [-0.2, -0.15) is 0 Å². The largest absolute Gasteiger partial charge is 0.455 e. The van der Waals surface area contributed by atoms with Crippen LogP contribution in [0.1, 0.15) is 0 Å². The molecule has 0 unspecified atom stereocenters. The fourth-order valence-corrected chi connectivity index (χ4v) is 7.88. The smallest absolute Gasteiger partial charge is 0.143 e. The lowest BCUT2D eigenvalue weighted by Crippen LogP contribution is -2.11. The Balaban J connectivity index is 1.16. The van der Waals surface area contributed by atoms with Crippen LogP contribution in [0.2, 0.25) is 0 Å². The first-order chi connectivity index (χ1) is 26.8. The van der Waals surface area contributed by atoms with E-state index in [0.29, 0.717) is 0 Å². The summed E-state index contributed by atoms with van der Waals surface area (Å²) in [5.74, 6) is 0. The second-order valence-corrected chi connectivity index (χ2v) is 13.7. The van der Waals surface area contributed by atoms with Crippen molar-refractivity contribution in [3.8, 4) is 44.5 Å². The first-order valence-corrected chi connectivity index (χ1v) is 18.4. The van der Waals surface area contributed by atoms with E-state index in [1.165, 1.54) is 38.8 Å². The van der Waals surface area contributed by atoms with Crippen molar-refractivity contribution in [3.63, 3.8) is 0 Å². The summed E-state index contributed by atoms with van der Waals surface area (Å²) < 4.78 is 7.00. The Bertz CT molecular complexity index is 2810.